The van der Waals surface area contributed by atoms with Crippen molar-refractivity contribution >= 4 is 38.2 Å². The van der Waals surface area contributed by atoms with Crippen LogP contribution in [0, 0.1) is 11.6 Å². The number of halogens is 2. The molecule has 0 fully saturated rings. The lowest BCUT2D eigenvalue weighted by molar-refractivity contribution is -0.117. The number of aromatic amines is 1. The Morgan fingerprint density at radius 1 is 1.21 bits per heavy atom. The number of fused-ring (bicyclic) bond motifs is 2. The first-order chi connectivity index (χ1) is 20.8. The van der Waals surface area contributed by atoms with E-state index in [1.165, 1.54) is 17.4 Å². The van der Waals surface area contributed by atoms with Crippen LogP contribution in [0.15, 0.2) is 66.7 Å². The molecule has 0 radical (unpaired) electrons. The number of aryl methyl sites for hydroxylation is 1. The second-order valence-corrected chi connectivity index (χ2v) is 10.8. The molecule has 0 saturated heterocycles. The minimum Gasteiger partial charge on any atom is -0.490 e. The predicted molar refractivity (Wildman–Crippen MR) is 162 cm³/mol. The van der Waals surface area contributed by atoms with Gasteiger partial charge in [-0.2, -0.15) is 10.2 Å². The summed E-state index contributed by atoms with van der Waals surface area (Å²) in [6.07, 6.45) is 2.95. The van der Waals surface area contributed by atoms with Gasteiger partial charge < -0.3 is 15.2 Å². The Balaban J connectivity index is 1.63. The third-order valence-corrected chi connectivity index (χ3v) is 8.03. The van der Waals surface area contributed by atoms with E-state index in [-0.39, 0.29) is 30.4 Å². The summed E-state index contributed by atoms with van der Waals surface area (Å²) in [5.74, 6) is -2.09. The van der Waals surface area contributed by atoms with Crippen LogP contribution in [0.4, 0.5) is 8.78 Å². The summed E-state index contributed by atoms with van der Waals surface area (Å²) in [6.45, 7) is 4.76. The average molecular weight is 601 g/mol. The molecule has 0 spiro atoms. The zero-order valence-electron chi connectivity index (χ0n) is 23.2. The lowest BCUT2D eigenvalue weighted by Gasteiger charge is -2.17. The van der Waals surface area contributed by atoms with E-state index in [9.17, 15) is 14.3 Å². The number of hydrogen-bond donors (Lipinski definition) is 3. The molecule has 1 unspecified atom stereocenters. The zero-order chi connectivity index (χ0) is 30.2. The van der Waals surface area contributed by atoms with Gasteiger partial charge in [-0.15, -0.1) is 11.3 Å². The van der Waals surface area contributed by atoms with E-state index in [1.807, 2.05) is 36.7 Å². The first kappa shape index (κ1) is 28.2. The zero-order valence-corrected chi connectivity index (χ0v) is 24.0. The Hall–Kier alpha value is -4.94. The van der Waals surface area contributed by atoms with Crippen molar-refractivity contribution in [2.24, 2.45) is 7.05 Å². The number of amides is 1. The summed E-state index contributed by atoms with van der Waals surface area (Å²) in [7, 11) is 1.87. The van der Waals surface area contributed by atoms with Crippen molar-refractivity contribution < 1.29 is 23.4 Å². The number of thiophene rings is 1. The van der Waals surface area contributed by atoms with Crippen molar-refractivity contribution in [3.05, 3.63) is 84.0 Å². The summed E-state index contributed by atoms with van der Waals surface area (Å²) < 4.78 is 38.3. The maximum Gasteiger partial charge on any atom is 0.243 e. The number of nitrogens with one attached hydrogen (secondary N) is 2. The number of hydrogen-bond acceptors (Lipinski definition) is 7. The van der Waals surface area contributed by atoms with E-state index in [1.54, 1.807) is 23.9 Å². The van der Waals surface area contributed by atoms with Gasteiger partial charge in [0.2, 0.25) is 5.91 Å². The molecule has 0 saturated carbocycles. The molecule has 4 heterocycles. The fourth-order valence-electron chi connectivity index (χ4n) is 5.06. The number of aliphatic hydroxyl groups is 1. The summed E-state index contributed by atoms with van der Waals surface area (Å²) in [5.41, 5.74) is 4.04. The number of pyridine rings is 1. The highest BCUT2D eigenvalue weighted by atomic mass is 32.1. The first-order valence-corrected chi connectivity index (χ1v) is 14.2. The van der Waals surface area contributed by atoms with Crippen LogP contribution in [0.3, 0.4) is 0 Å². The predicted octanol–water partition coefficient (Wildman–Crippen LogP) is 5.92. The van der Waals surface area contributed by atoms with Gasteiger partial charge in [-0.1, -0.05) is 12.6 Å². The van der Waals surface area contributed by atoms with E-state index in [0.717, 1.165) is 34.0 Å². The number of H-pyrrole nitrogens is 1. The maximum atomic E-state index is 15.8. The molecule has 0 bridgehead atoms. The second-order valence-electron chi connectivity index (χ2n) is 9.86. The molecule has 4 aromatic heterocycles. The molecule has 9 nitrogen and oxygen atoms in total. The molecule has 43 heavy (non-hydrogen) atoms. The third-order valence-electron chi connectivity index (χ3n) is 7.10. The molecule has 6 aromatic rings. The van der Waals surface area contributed by atoms with Gasteiger partial charge in [0.1, 0.15) is 35.4 Å². The lowest BCUT2D eigenvalue weighted by atomic mass is 9.96. The monoisotopic (exact) mass is 600 g/mol. The number of aliphatic hydroxyl groups excluding tert-OH is 1. The number of benzene rings is 2. The van der Waals surface area contributed by atoms with Crippen molar-refractivity contribution in [3.8, 4) is 39.5 Å². The summed E-state index contributed by atoms with van der Waals surface area (Å²) >= 11 is 1.38. The van der Waals surface area contributed by atoms with E-state index in [2.05, 4.69) is 27.2 Å². The molecule has 0 aliphatic rings. The molecule has 6 rings (SSSR count). The molecular weight excluding hydrogens is 574 g/mol. The Labute approximate surface area is 248 Å². The van der Waals surface area contributed by atoms with Crippen LogP contribution in [0.1, 0.15) is 18.7 Å². The second kappa shape index (κ2) is 11.4. The van der Waals surface area contributed by atoms with Crippen LogP contribution in [0.5, 0.6) is 5.75 Å². The molecule has 0 aliphatic carbocycles. The van der Waals surface area contributed by atoms with E-state index < -0.39 is 17.7 Å². The van der Waals surface area contributed by atoms with Gasteiger partial charge in [0, 0.05) is 45.8 Å². The van der Waals surface area contributed by atoms with E-state index in [4.69, 9.17) is 9.72 Å². The minimum atomic E-state index is -0.849. The van der Waals surface area contributed by atoms with Gasteiger partial charge in [0.25, 0.3) is 0 Å². The van der Waals surface area contributed by atoms with Gasteiger partial charge >= 0.3 is 0 Å². The number of carbonyl (C=O) groups excluding carboxylic acids is 1. The topological polar surface area (TPSA) is 118 Å². The van der Waals surface area contributed by atoms with Crippen molar-refractivity contribution in [3.63, 3.8) is 0 Å². The molecular formula is C31H26F2N6O3S. The molecule has 218 valence electrons. The summed E-state index contributed by atoms with van der Waals surface area (Å²) in [4.78, 5) is 17.0. The van der Waals surface area contributed by atoms with Crippen LogP contribution < -0.4 is 10.1 Å². The molecule has 1 atom stereocenters. The van der Waals surface area contributed by atoms with Crippen LogP contribution in [-0.4, -0.2) is 49.2 Å². The van der Waals surface area contributed by atoms with Crippen molar-refractivity contribution in [1.82, 2.24) is 30.3 Å². The molecule has 12 heteroatoms. The van der Waals surface area contributed by atoms with Gasteiger partial charge in [0.05, 0.1) is 41.3 Å². The summed E-state index contributed by atoms with van der Waals surface area (Å²) in [5, 5.41) is 27.5. The average Bonchev–Trinajstić information content (AvgIpc) is 3.76. The number of carbonyl (C=O) groups is 1. The SMILES string of the molecule is C=CC(=O)NC(C)c1cc(-c2nc(-c3ccc4c(cnn4C)c3)c3ccsc3c2-c2c(F)cc(F)cc2OCCO)n[nH]1. The first-order valence-electron chi connectivity index (χ1n) is 13.3. The highest BCUT2D eigenvalue weighted by Crippen LogP contribution is 2.47. The number of ether oxygens (including phenoxy) is 1. The maximum absolute atomic E-state index is 15.8. The standard InChI is InChI=1S/C31H26F2N6O3S/c1-4-26(41)35-16(2)22-14-23(38-37-22)30-28(27-21(33)12-19(32)13-25(27)42-9-8-40)31-20(7-10-43-31)29(36-30)17-5-6-24-18(11-17)15-34-39(24)3/h4-7,10-16,40H,1,8-9H2,2-3H3,(H,35,41)(H,37,38). The molecule has 2 aromatic carbocycles. The van der Waals surface area contributed by atoms with Crippen molar-refractivity contribution in [2.75, 3.05) is 13.2 Å². The fourth-order valence-corrected chi connectivity index (χ4v) is 6.01. The molecule has 0 aliphatic heterocycles. The van der Waals surface area contributed by atoms with Crippen LogP contribution in [-0.2, 0) is 11.8 Å². The normalized spacial score (nSPS) is 12.1. The van der Waals surface area contributed by atoms with Gasteiger partial charge in [-0.25, -0.2) is 13.8 Å². The van der Waals surface area contributed by atoms with E-state index >= 15 is 4.39 Å². The highest BCUT2D eigenvalue weighted by Gasteiger charge is 2.27. The van der Waals surface area contributed by atoms with Crippen LogP contribution in [0.25, 0.3) is 54.8 Å². The Morgan fingerprint density at radius 2 is 2.05 bits per heavy atom. The van der Waals surface area contributed by atoms with Gasteiger partial charge in [0.15, 0.2) is 0 Å². The lowest BCUT2D eigenvalue weighted by Crippen LogP contribution is -2.24. The van der Waals surface area contributed by atoms with Crippen LogP contribution >= 0.6 is 11.3 Å². The Morgan fingerprint density at radius 3 is 2.84 bits per heavy atom. The quantitative estimate of drug-likeness (QED) is 0.177. The van der Waals surface area contributed by atoms with Crippen molar-refractivity contribution in [1.29, 1.82) is 0 Å². The number of aromatic nitrogens is 5. The largest absolute Gasteiger partial charge is 0.490 e. The van der Waals surface area contributed by atoms with Gasteiger partial charge in [-0.05, 0) is 42.6 Å². The number of nitrogens with zero attached hydrogens (tertiary/aromatic N) is 4. The Kier molecular flexibility index (Phi) is 7.46. The number of rotatable bonds is 9. The Bertz CT molecular complexity index is 2010. The van der Waals surface area contributed by atoms with Gasteiger partial charge in [-0.3, -0.25) is 14.6 Å². The van der Waals surface area contributed by atoms with Crippen LogP contribution in [0.2, 0.25) is 0 Å². The smallest absolute Gasteiger partial charge is 0.243 e. The third kappa shape index (κ3) is 5.15. The molecule has 1 amide bonds. The summed E-state index contributed by atoms with van der Waals surface area (Å²) in [6, 6.07) is 11.0. The fraction of sp³-hybridized carbons (Fsp3) is 0.161. The molecule has 3 N–H and O–H groups in total. The van der Waals surface area contributed by atoms with Crippen molar-refractivity contribution in [2.45, 2.75) is 13.0 Å². The highest BCUT2D eigenvalue weighted by molar-refractivity contribution is 7.18. The minimum absolute atomic E-state index is 0.00313. The van der Waals surface area contributed by atoms with E-state index in [0.29, 0.717) is 33.0 Å².